The number of hydrogen-bond acceptors (Lipinski definition) is 2. The summed E-state index contributed by atoms with van der Waals surface area (Å²) in [5.41, 5.74) is 2.34. The molecule has 2 atom stereocenters. The van der Waals surface area contributed by atoms with Crippen molar-refractivity contribution in [1.29, 1.82) is 0 Å². The van der Waals surface area contributed by atoms with Crippen LogP contribution in [0.15, 0.2) is 24.3 Å². The molecule has 1 amide bonds. The van der Waals surface area contributed by atoms with Crippen LogP contribution in [-0.4, -0.2) is 11.7 Å². The van der Waals surface area contributed by atoms with E-state index in [4.69, 9.17) is 0 Å². The van der Waals surface area contributed by atoms with Gasteiger partial charge in [0.15, 0.2) is 0 Å². The highest BCUT2D eigenvalue weighted by atomic mass is 16.2. The summed E-state index contributed by atoms with van der Waals surface area (Å²) in [5.74, 6) is 0.868. The number of hydrogen-bond donors (Lipinski definition) is 1. The van der Waals surface area contributed by atoms with Crippen LogP contribution in [0.1, 0.15) is 43.2 Å². The van der Waals surface area contributed by atoms with Crippen LogP contribution in [0.4, 0.5) is 0 Å². The van der Waals surface area contributed by atoms with Crippen molar-refractivity contribution < 1.29 is 9.59 Å². The Morgan fingerprint density at radius 3 is 2.62 bits per heavy atom. The van der Waals surface area contributed by atoms with E-state index in [9.17, 15) is 9.59 Å². The molecule has 2 unspecified atom stereocenters. The summed E-state index contributed by atoms with van der Waals surface area (Å²) in [6, 6.07) is 8.20. The zero-order valence-corrected chi connectivity index (χ0v) is 12.6. The number of amides is 1. The van der Waals surface area contributed by atoms with Crippen molar-refractivity contribution >= 4 is 11.7 Å². The first-order valence-electron chi connectivity index (χ1n) is 8.00. The summed E-state index contributed by atoms with van der Waals surface area (Å²) in [4.78, 5) is 24.4. The normalized spacial score (nSPS) is 28.2. The predicted octanol–water partition coefficient (Wildman–Crippen LogP) is 3.01. The molecule has 0 radical (unpaired) electrons. The molecule has 0 heterocycles. The highest BCUT2D eigenvalue weighted by Gasteiger charge is 2.41. The molecule has 112 valence electrons. The van der Waals surface area contributed by atoms with Crippen molar-refractivity contribution in [3.05, 3.63) is 35.4 Å². The molecule has 3 nitrogen and oxygen atoms in total. The topological polar surface area (TPSA) is 46.2 Å². The Kier molecular flexibility index (Phi) is 4.09. The molecule has 2 saturated carbocycles. The molecule has 0 aliphatic heterocycles. The van der Waals surface area contributed by atoms with E-state index in [2.05, 4.69) is 24.4 Å². The smallest absolute Gasteiger partial charge is 0.223 e. The number of benzene rings is 1. The standard InChI is InChI=1S/C18H23NO2/c1-12-4-2-5-13(8-12)11-19-18(21)16-9-14-6-3-7-15(10-16)17(14)20/h2,4-5,8,14-16H,3,6-7,9-11H2,1H3,(H,19,21). The molecule has 2 bridgehead atoms. The van der Waals surface area contributed by atoms with Gasteiger partial charge in [-0.3, -0.25) is 9.59 Å². The SMILES string of the molecule is Cc1cccc(CNC(=O)C2CC3CCCC(C2)C3=O)c1. The molecule has 0 saturated heterocycles. The second kappa shape index (κ2) is 6.00. The van der Waals surface area contributed by atoms with E-state index >= 15 is 0 Å². The lowest BCUT2D eigenvalue weighted by Crippen LogP contribution is -2.42. The van der Waals surface area contributed by atoms with Crippen molar-refractivity contribution in [1.82, 2.24) is 5.32 Å². The van der Waals surface area contributed by atoms with Gasteiger partial charge in [-0.15, -0.1) is 0 Å². The predicted molar refractivity (Wildman–Crippen MR) is 81.6 cm³/mol. The van der Waals surface area contributed by atoms with E-state index in [-0.39, 0.29) is 23.7 Å². The fourth-order valence-electron chi connectivity index (χ4n) is 3.85. The van der Waals surface area contributed by atoms with Gasteiger partial charge in [0, 0.05) is 24.3 Å². The maximum Gasteiger partial charge on any atom is 0.223 e. The van der Waals surface area contributed by atoms with Gasteiger partial charge in [0.05, 0.1) is 0 Å². The van der Waals surface area contributed by atoms with Gasteiger partial charge in [0.2, 0.25) is 5.91 Å². The highest BCUT2D eigenvalue weighted by Crippen LogP contribution is 2.40. The Morgan fingerprint density at radius 2 is 1.95 bits per heavy atom. The van der Waals surface area contributed by atoms with Crippen LogP contribution < -0.4 is 5.32 Å². The summed E-state index contributed by atoms with van der Waals surface area (Å²) < 4.78 is 0. The molecule has 3 rings (SSSR count). The van der Waals surface area contributed by atoms with Gasteiger partial charge in [0.1, 0.15) is 5.78 Å². The number of aryl methyl sites for hydroxylation is 1. The first kappa shape index (κ1) is 14.3. The quantitative estimate of drug-likeness (QED) is 0.928. The third-order valence-corrected chi connectivity index (χ3v) is 4.97. The van der Waals surface area contributed by atoms with Gasteiger partial charge in [-0.2, -0.15) is 0 Å². The van der Waals surface area contributed by atoms with Crippen LogP contribution >= 0.6 is 0 Å². The van der Waals surface area contributed by atoms with Crippen LogP contribution in [0.3, 0.4) is 0 Å². The van der Waals surface area contributed by atoms with Crippen LogP contribution in [0.2, 0.25) is 0 Å². The van der Waals surface area contributed by atoms with E-state index in [1.807, 2.05) is 12.1 Å². The number of Topliss-reactive ketones (excluding diaryl/α,β-unsaturated/α-hetero) is 1. The fraction of sp³-hybridized carbons (Fsp3) is 0.556. The minimum absolute atomic E-state index is 0.0304. The van der Waals surface area contributed by atoms with Crippen molar-refractivity contribution in [3.8, 4) is 0 Å². The minimum atomic E-state index is 0.0304. The van der Waals surface area contributed by atoms with Crippen LogP contribution in [0.25, 0.3) is 0 Å². The second-order valence-electron chi connectivity index (χ2n) is 6.60. The summed E-state index contributed by atoms with van der Waals surface area (Å²) >= 11 is 0. The van der Waals surface area contributed by atoms with Gasteiger partial charge >= 0.3 is 0 Å². The first-order chi connectivity index (χ1) is 10.1. The molecule has 2 aliphatic rings. The second-order valence-corrected chi connectivity index (χ2v) is 6.60. The molecule has 21 heavy (non-hydrogen) atoms. The third-order valence-electron chi connectivity index (χ3n) is 4.97. The highest BCUT2D eigenvalue weighted by molar-refractivity contribution is 5.88. The Labute approximate surface area is 126 Å². The molecule has 1 aromatic carbocycles. The summed E-state index contributed by atoms with van der Waals surface area (Å²) in [7, 11) is 0. The van der Waals surface area contributed by atoms with Crippen molar-refractivity contribution in [3.63, 3.8) is 0 Å². The molecule has 0 aromatic heterocycles. The summed E-state index contributed by atoms with van der Waals surface area (Å²) in [6.07, 6.45) is 4.64. The minimum Gasteiger partial charge on any atom is -0.352 e. The summed E-state index contributed by atoms with van der Waals surface area (Å²) in [5, 5.41) is 3.05. The Morgan fingerprint density at radius 1 is 1.24 bits per heavy atom. The van der Waals surface area contributed by atoms with E-state index < -0.39 is 0 Å². The lowest BCUT2D eigenvalue weighted by molar-refractivity contribution is -0.137. The van der Waals surface area contributed by atoms with Crippen molar-refractivity contribution in [2.45, 2.75) is 45.6 Å². The number of rotatable bonds is 3. The Balaban J connectivity index is 1.57. The van der Waals surface area contributed by atoms with E-state index in [1.165, 1.54) is 5.56 Å². The van der Waals surface area contributed by atoms with E-state index in [0.717, 1.165) is 37.7 Å². The molecular weight excluding hydrogens is 262 g/mol. The zero-order chi connectivity index (χ0) is 14.8. The van der Waals surface area contributed by atoms with Gasteiger partial charge in [-0.05, 0) is 38.2 Å². The van der Waals surface area contributed by atoms with Crippen molar-refractivity contribution in [2.75, 3.05) is 0 Å². The molecule has 0 spiro atoms. The molecule has 2 fully saturated rings. The molecular formula is C18H23NO2. The van der Waals surface area contributed by atoms with Gasteiger partial charge in [0.25, 0.3) is 0 Å². The van der Waals surface area contributed by atoms with Gasteiger partial charge < -0.3 is 5.32 Å². The number of ketones is 1. The number of nitrogens with one attached hydrogen (secondary N) is 1. The lowest BCUT2D eigenvalue weighted by atomic mass is 9.67. The van der Waals surface area contributed by atoms with E-state index in [0.29, 0.717) is 12.3 Å². The number of carbonyl (C=O) groups excluding carboxylic acids is 2. The third kappa shape index (κ3) is 3.17. The van der Waals surface area contributed by atoms with Crippen LogP contribution in [-0.2, 0) is 16.1 Å². The van der Waals surface area contributed by atoms with E-state index in [1.54, 1.807) is 0 Å². The Bertz CT molecular complexity index is 536. The molecule has 1 N–H and O–H groups in total. The Hall–Kier alpha value is -1.64. The maximum absolute atomic E-state index is 12.4. The largest absolute Gasteiger partial charge is 0.352 e. The monoisotopic (exact) mass is 285 g/mol. The zero-order valence-electron chi connectivity index (χ0n) is 12.6. The van der Waals surface area contributed by atoms with Crippen LogP contribution in [0, 0.1) is 24.7 Å². The van der Waals surface area contributed by atoms with Gasteiger partial charge in [-0.1, -0.05) is 36.2 Å². The van der Waals surface area contributed by atoms with Gasteiger partial charge in [-0.25, -0.2) is 0 Å². The molecule has 3 heteroatoms. The van der Waals surface area contributed by atoms with Crippen LogP contribution in [0.5, 0.6) is 0 Å². The number of fused-ring (bicyclic) bond motifs is 2. The maximum atomic E-state index is 12.4. The van der Waals surface area contributed by atoms with Crippen molar-refractivity contribution in [2.24, 2.45) is 17.8 Å². The average Bonchev–Trinajstić information content (AvgIpc) is 2.44. The fourth-order valence-corrected chi connectivity index (χ4v) is 3.85. The lowest BCUT2D eigenvalue weighted by Gasteiger charge is -2.36. The molecule has 1 aromatic rings. The summed E-state index contributed by atoms with van der Waals surface area (Å²) in [6.45, 7) is 2.64. The average molecular weight is 285 g/mol. The molecule has 2 aliphatic carbocycles. The number of carbonyl (C=O) groups is 2. The first-order valence-corrected chi connectivity index (χ1v) is 8.00.